The molecule has 0 aliphatic rings. The highest BCUT2D eigenvalue weighted by Gasteiger charge is 2.05. The molecule has 2 aromatic rings. The Balaban J connectivity index is 2.26. The first-order valence-corrected chi connectivity index (χ1v) is 5.32. The first-order chi connectivity index (χ1) is 7.81. The van der Waals surface area contributed by atoms with E-state index in [0.29, 0.717) is 5.95 Å². The van der Waals surface area contributed by atoms with Gasteiger partial charge in [0.05, 0.1) is 12.8 Å². The van der Waals surface area contributed by atoms with Gasteiger partial charge in [-0.1, -0.05) is 0 Å². The average Bonchev–Trinajstić information content (AvgIpc) is 2.81. The minimum Gasteiger partial charge on any atom is -0.467 e. The smallest absolute Gasteiger partial charge is 0.322 e. The third kappa shape index (κ3) is 2.35. The second-order valence-electron chi connectivity index (χ2n) is 2.75. The number of thiophene rings is 1. The third-order valence-corrected chi connectivity index (χ3v) is 2.39. The highest BCUT2D eigenvalue weighted by atomic mass is 32.1. The molecule has 2 heterocycles. The van der Waals surface area contributed by atoms with Crippen molar-refractivity contribution in [3.8, 4) is 6.01 Å². The van der Waals surface area contributed by atoms with Crippen LogP contribution < -0.4 is 21.3 Å². The van der Waals surface area contributed by atoms with Crippen LogP contribution in [0.25, 0.3) is 0 Å². The largest absolute Gasteiger partial charge is 0.467 e. The molecule has 16 heavy (non-hydrogen) atoms. The number of anilines is 3. The maximum atomic E-state index is 5.23. The Kier molecular flexibility index (Phi) is 3.13. The van der Waals surface area contributed by atoms with Gasteiger partial charge in [-0.3, -0.25) is 5.43 Å². The van der Waals surface area contributed by atoms with Crippen molar-refractivity contribution in [2.24, 2.45) is 5.84 Å². The molecule has 0 aromatic carbocycles. The molecule has 0 radical (unpaired) electrons. The molecular weight excluding hydrogens is 228 g/mol. The first kappa shape index (κ1) is 10.6. The Labute approximate surface area is 95.7 Å². The topological polar surface area (TPSA) is 98.0 Å². The minimum atomic E-state index is 0.195. The van der Waals surface area contributed by atoms with Crippen LogP contribution in [-0.4, -0.2) is 22.1 Å². The Morgan fingerprint density at radius 3 is 2.75 bits per heavy atom. The average molecular weight is 238 g/mol. The number of ether oxygens (including phenoxy) is 1. The predicted molar refractivity (Wildman–Crippen MR) is 61.8 cm³/mol. The number of aromatic nitrogens is 3. The molecule has 0 spiro atoms. The highest BCUT2D eigenvalue weighted by Crippen LogP contribution is 2.18. The number of nitrogens with one attached hydrogen (secondary N) is 2. The summed E-state index contributed by atoms with van der Waals surface area (Å²) in [4.78, 5) is 11.9. The van der Waals surface area contributed by atoms with E-state index in [-0.39, 0.29) is 12.0 Å². The molecule has 4 N–H and O–H groups in total. The second kappa shape index (κ2) is 4.73. The molecule has 0 saturated carbocycles. The van der Waals surface area contributed by atoms with Crippen LogP contribution >= 0.6 is 11.3 Å². The maximum absolute atomic E-state index is 5.23. The van der Waals surface area contributed by atoms with Crippen LogP contribution in [-0.2, 0) is 0 Å². The second-order valence-corrected chi connectivity index (χ2v) is 3.53. The third-order valence-electron chi connectivity index (χ3n) is 1.70. The van der Waals surface area contributed by atoms with Crippen molar-refractivity contribution in [2.45, 2.75) is 0 Å². The van der Waals surface area contributed by atoms with Gasteiger partial charge in [0.2, 0.25) is 11.9 Å². The quantitative estimate of drug-likeness (QED) is 0.539. The van der Waals surface area contributed by atoms with Gasteiger partial charge in [-0.15, -0.1) is 0 Å². The number of methoxy groups -OCH3 is 1. The molecule has 0 aliphatic heterocycles. The fraction of sp³-hybridized carbons (Fsp3) is 0.125. The van der Waals surface area contributed by atoms with Gasteiger partial charge in [-0.25, -0.2) is 5.84 Å². The Morgan fingerprint density at radius 1 is 1.31 bits per heavy atom. The van der Waals surface area contributed by atoms with Gasteiger partial charge in [-0.05, 0) is 11.4 Å². The fourth-order valence-electron chi connectivity index (χ4n) is 1.03. The van der Waals surface area contributed by atoms with Crippen LogP contribution in [0.15, 0.2) is 16.8 Å². The summed E-state index contributed by atoms with van der Waals surface area (Å²) in [5.41, 5.74) is 3.25. The van der Waals surface area contributed by atoms with Gasteiger partial charge in [-0.2, -0.15) is 26.3 Å². The number of rotatable bonds is 4. The van der Waals surface area contributed by atoms with Crippen LogP contribution in [0.4, 0.5) is 17.6 Å². The lowest BCUT2D eigenvalue weighted by Crippen LogP contribution is -2.13. The molecule has 2 rings (SSSR count). The van der Waals surface area contributed by atoms with Crippen molar-refractivity contribution in [3.05, 3.63) is 16.8 Å². The summed E-state index contributed by atoms with van der Waals surface area (Å²) in [6.07, 6.45) is 0. The molecule has 0 unspecified atom stereocenters. The maximum Gasteiger partial charge on any atom is 0.322 e. The molecule has 0 atom stereocenters. The molecule has 0 aliphatic carbocycles. The molecular formula is C8H10N6OS. The number of hydrogen-bond donors (Lipinski definition) is 3. The standard InChI is InChI=1S/C8H10N6OS/c1-15-8-12-6(11-7(13-8)14-9)10-5-2-3-16-4-5/h2-4H,9H2,1H3,(H2,10,11,12,13,14). The van der Waals surface area contributed by atoms with Gasteiger partial charge in [0.1, 0.15) is 0 Å². The van der Waals surface area contributed by atoms with Crippen LogP contribution in [0.3, 0.4) is 0 Å². The van der Waals surface area contributed by atoms with E-state index in [2.05, 4.69) is 25.7 Å². The van der Waals surface area contributed by atoms with Crippen molar-refractivity contribution < 1.29 is 4.74 Å². The molecule has 0 amide bonds. The van der Waals surface area contributed by atoms with Gasteiger partial charge >= 0.3 is 6.01 Å². The SMILES string of the molecule is COc1nc(NN)nc(Nc2ccsc2)n1. The monoisotopic (exact) mass is 238 g/mol. The van der Waals surface area contributed by atoms with Crippen molar-refractivity contribution in [3.63, 3.8) is 0 Å². The highest BCUT2D eigenvalue weighted by molar-refractivity contribution is 7.08. The number of nitrogens with zero attached hydrogens (tertiary/aromatic N) is 3. The van der Waals surface area contributed by atoms with Crippen molar-refractivity contribution in [1.29, 1.82) is 0 Å². The van der Waals surface area contributed by atoms with Gasteiger partial charge < -0.3 is 10.1 Å². The fourth-order valence-corrected chi connectivity index (χ4v) is 1.62. The zero-order valence-electron chi connectivity index (χ0n) is 8.47. The lowest BCUT2D eigenvalue weighted by molar-refractivity contribution is 0.379. The minimum absolute atomic E-state index is 0.195. The lowest BCUT2D eigenvalue weighted by Gasteiger charge is -2.05. The van der Waals surface area contributed by atoms with E-state index < -0.39 is 0 Å². The number of hydrazine groups is 1. The van der Waals surface area contributed by atoms with E-state index in [1.807, 2.05) is 16.8 Å². The zero-order valence-corrected chi connectivity index (χ0v) is 9.28. The summed E-state index contributed by atoms with van der Waals surface area (Å²) in [7, 11) is 1.48. The number of nitrogens with two attached hydrogens (primary N) is 1. The molecule has 2 aromatic heterocycles. The van der Waals surface area contributed by atoms with E-state index >= 15 is 0 Å². The van der Waals surface area contributed by atoms with Gasteiger partial charge in [0, 0.05) is 5.38 Å². The normalized spacial score (nSPS) is 9.88. The van der Waals surface area contributed by atoms with E-state index in [1.165, 1.54) is 7.11 Å². The summed E-state index contributed by atoms with van der Waals surface area (Å²) in [6.45, 7) is 0. The van der Waals surface area contributed by atoms with E-state index in [1.54, 1.807) is 11.3 Å². The molecule has 8 heteroatoms. The van der Waals surface area contributed by atoms with Gasteiger partial charge in [0.25, 0.3) is 0 Å². The summed E-state index contributed by atoms with van der Waals surface area (Å²) >= 11 is 1.57. The molecule has 0 fully saturated rings. The van der Waals surface area contributed by atoms with Crippen LogP contribution in [0.2, 0.25) is 0 Å². The van der Waals surface area contributed by atoms with E-state index in [4.69, 9.17) is 10.6 Å². The van der Waals surface area contributed by atoms with Gasteiger partial charge in [0.15, 0.2) is 0 Å². The summed E-state index contributed by atoms with van der Waals surface area (Å²) in [6, 6.07) is 2.11. The van der Waals surface area contributed by atoms with E-state index in [0.717, 1.165) is 5.69 Å². The molecule has 84 valence electrons. The molecule has 0 saturated heterocycles. The molecule has 7 nitrogen and oxygen atoms in total. The Hall–Kier alpha value is -1.93. The number of nitrogen functional groups attached to an aromatic ring is 1. The van der Waals surface area contributed by atoms with Crippen LogP contribution in [0.1, 0.15) is 0 Å². The van der Waals surface area contributed by atoms with Crippen molar-refractivity contribution >= 4 is 28.9 Å². The summed E-state index contributed by atoms with van der Waals surface area (Å²) in [5.74, 6) is 5.85. The van der Waals surface area contributed by atoms with Crippen molar-refractivity contribution in [1.82, 2.24) is 15.0 Å². The summed E-state index contributed by atoms with van der Waals surface area (Å²) in [5, 5.41) is 6.89. The van der Waals surface area contributed by atoms with E-state index in [9.17, 15) is 0 Å². The lowest BCUT2D eigenvalue weighted by atomic mass is 10.5. The Morgan fingerprint density at radius 2 is 2.12 bits per heavy atom. The first-order valence-electron chi connectivity index (χ1n) is 4.37. The number of hydrogen-bond acceptors (Lipinski definition) is 8. The predicted octanol–water partition coefficient (Wildman–Crippen LogP) is 0.971. The zero-order chi connectivity index (χ0) is 11.4. The molecule has 0 bridgehead atoms. The van der Waals surface area contributed by atoms with Crippen LogP contribution in [0, 0.1) is 0 Å². The Bertz CT molecular complexity index is 437. The summed E-state index contributed by atoms with van der Waals surface area (Å²) < 4.78 is 4.92. The van der Waals surface area contributed by atoms with Crippen molar-refractivity contribution in [2.75, 3.05) is 17.9 Å². The van der Waals surface area contributed by atoms with Crippen LogP contribution in [0.5, 0.6) is 6.01 Å².